The van der Waals surface area contributed by atoms with E-state index in [1.807, 2.05) is 0 Å². The molecule has 3 N–H and O–H groups in total. The molecule has 2 aliphatic rings. The highest BCUT2D eigenvalue weighted by Crippen LogP contribution is 2.24. The molecular formula is C14H23N3O4. The van der Waals surface area contributed by atoms with Gasteiger partial charge in [0.05, 0.1) is 5.92 Å². The van der Waals surface area contributed by atoms with Crippen LogP contribution in [-0.4, -0.2) is 52.6 Å². The highest BCUT2D eigenvalue weighted by atomic mass is 16.4. The zero-order chi connectivity index (χ0) is 15.6. The SMILES string of the molecule is CC1(C)NC(=O)N(CCNC2CCC(C(=O)O)CC2)C1=O. The smallest absolute Gasteiger partial charge is 0.325 e. The van der Waals surface area contributed by atoms with Crippen molar-refractivity contribution in [1.82, 2.24) is 15.5 Å². The van der Waals surface area contributed by atoms with Crippen molar-refractivity contribution >= 4 is 17.9 Å². The highest BCUT2D eigenvalue weighted by Gasteiger charge is 2.43. The minimum absolute atomic E-state index is 0.205. The number of carboxylic acid groups (broad SMARTS) is 1. The Morgan fingerprint density at radius 1 is 1.33 bits per heavy atom. The van der Waals surface area contributed by atoms with Crippen molar-refractivity contribution in [3.05, 3.63) is 0 Å². The third-order valence-corrected chi connectivity index (χ3v) is 4.29. The molecule has 0 aromatic heterocycles. The Bertz CT molecular complexity index is 442. The summed E-state index contributed by atoms with van der Waals surface area (Å²) in [4.78, 5) is 35.8. The van der Waals surface area contributed by atoms with Gasteiger partial charge in [-0.15, -0.1) is 0 Å². The lowest BCUT2D eigenvalue weighted by Crippen LogP contribution is -2.43. The van der Waals surface area contributed by atoms with Crippen LogP contribution in [0, 0.1) is 5.92 Å². The van der Waals surface area contributed by atoms with E-state index in [0.29, 0.717) is 25.9 Å². The number of rotatable bonds is 5. The van der Waals surface area contributed by atoms with Gasteiger partial charge in [-0.3, -0.25) is 14.5 Å². The summed E-state index contributed by atoms with van der Waals surface area (Å²) in [6.07, 6.45) is 3.01. The highest BCUT2D eigenvalue weighted by molar-refractivity contribution is 6.06. The fraction of sp³-hybridized carbons (Fsp3) is 0.786. The second-order valence-corrected chi connectivity index (χ2v) is 6.35. The Morgan fingerprint density at radius 3 is 2.43 bits per heavy atom. The Balaban J connectivity index is 1.72. The van der Waals surface area contributed by atoms with Crippen LogP contribution < -0.4 is 10.6 Å². The van der Waals surface area contributed by atoms with Crippen LogP contribution in [0.3, 0.4) is 0 Å². The van der Waals surface area contributed by atoms with Gasteiger partial charge in [0.1, 0.15) is 5.54 Å². The van der Waals surface area contributed by atoms with Crippen LogP contribution in [0.5, 0.6) is 0 Å². The Labute approximate surface area is 124 Å². The van der Waals surface area contributed by atoms with Gasteiger partial charge in [-0.25, -0.2) is 4.79 Å². The van der Waals surface area contributed by atoms with Crippen LogP contribution in [0.25, 0.3) is 0 Å². The zero-order valence-corrected chi connectivity index (χ0v) is 12.5. The lowest BCUT2D eigenvalue weighted by atomic mass is 9.86. The van der Waals surface area contributed by atoms with Crippen molar-refractivity contribution < 1.29 is 19.5 Å². The first-order valence-electron chi connectivity index (χ1n) is 7.41. The fourth-order valence-corrected chi connectivity index (χ4v) is 2.95. The van der Waals surface area contributed by atoms with Crippen LogP contribution in [0.1, 0.15) is 39.5 Å². The lowest BCUT2D eigenvalue weighted by Gasteiger charge is -2.27. The van der Waals surface area contributed by atoms with Crippen LogP contribution in [0.2, 0.25) is 0 Å². The standard InChI is InChI=1S/C14H23N3O4/c1-14(2)12(20)17(13(21)16-14)8-7-15-10-5-3-9(4-6-10)11(18)19/h9-10,15H,3-8H2,1-2H3,(H,16,21)(H,18,19). The number of carboxylic acids is 1. The number of hydrogen-bond donors (Lipinski definition) is 3. The quantitative estimate of drug-likeness (QED) is 0.644. The summed E-state index contributed by atoms with van der Waals surface area (Å²) >= 11 is 0. The van der Waals surface area contributed by atoms with Crippen LogP contribution in [0.15, 0.2) is 0 Å². The van der Waals surface area contributed by atoms with Crippen molar-refractivity contribution in [1.29, 1.82) is 0 Å². The molecule has 2 rings (SSSR count). The van der Waals surface area contributed by atoms with E-state index in [1.54, 1.807) is 13.8 Å². The van der Waals surface area contributed by atoms with E-state index in [2.05, 4.69) is 10.6 Å². The maximum absolute atomic E-state index is 12.0. The van der Waals surface area contributed by atoms with E-state index < -0.39 is 11.5 Å². The van der Waals surface area contributed by atoms with Crippen LogP contribution in [-0.2, 0) is 9.59 Å². The van der Waals surface area contributed by atoms with Crippen LogP contribution in [0.4, 0.5) is 4.79 Å². The monoisotopic (exact) mass is 297 g/mol. The van der Waals surface area contributed by atoms with Gasteiger partial charge in [-0.1, -0.05) is 0 Å². The predicted molar refractivity (Wildman–Crippen MR) is 75.7 cm³/mol. The number of amides is 3. The fourth-order valence-electron chi connectivity index (χ4n) is 2.95. The molecule has 0 radical (unpaired) electrons. The summed E-state index contributed by atoms with van der Waals surface area (Å²) in [6.45, 7) is 4.26. The Hall–Kier alpha value is -1.63. The van der Waals surface area contributed by atoms with Gasteiger partial charge in [-0.2, -0.15) is 0 Å². The summed E-state index contributed by atoms with van der Waals surface area (Å²) in [7, 11) is 0. The number of imide groups is 1. The molecule has 7 nitrogen and oxygen atoms in total. The van der Waals surface area contributed by atoms with Crippen molar-refractivity contribution in [2.45, 2.75) is 51.1 Å². The average molecular weight is 297 g/mol. The summed E-state index contributed by atoms with van der Waals surface area (Å²) in [5.41, 5.74) is -0.823. The van der Waals surface area contributed by atoms with E-state index in [-0.39, 0.29) is 23.9 Å². The molecule has 0 spiro atoms. The molecule has 3 amide bonds. The van der Waals surface area contributed by atoms with Crippen molar-refractivity contribution in [3.63, 3.8) is 0 Å². The second kappa shape index (κ2) is 6.01. The summed E-state index contributed by atoms with van der Waals surface area (Å²) < 4.78 is 0. The van der Waals surface area contributed by atoms with Gasteiger partial charge in [0.15, 0.2) is 0 Å². The number of urea groups is 1. The van der Waals surface area contributed by atoms with Crippen molar-refractivity contribution in [2.75, 3.05) is 13.1 Å². The van der Waals surface area contributed by atoms with Crippen molar-refractivity contribution in [3.8, 4) is 0 Å². The number of aliphatic carboxylic acids is 1. The molecule has 0 aromatic carbocycles. The predicted octanol–water partition coefficient (Wildman–Crippen LogP) is 0.550. The molecular weight excluding hydrogens is 274 g/mol. The number of carbonyl (C=O) groups excluding carboxylic acids is 2. The Kier molecular flexibility index (Phi) is 4.51. The lowest BCUT2D eigenvalue weighted by molar-refractivity contribution is -0.143. The first-order chi connectivity index (χ1) is 9.81. The molecule has 2 fully saturated rings. The molecule has 1 heterocycles. The number of nitrogens with one attached hydrogen (secondary N) is 2. The van der Waals surface area contributed by atoms with Gasteiger partial charge < -0.3 is 15.7 Å². The largest absolute Gasteiger partial charge is 0.481 e. The molecule has 118 valence electrons. The van der Waals surface area contributed by atoms with E-state index in [1.165, 1.54) is 4.90 Å². The molecule has 0 bridgehead atoms. The van der Waals surface area contributed by atoms with Gasteiger partial charge in [0, 0.05) is 19.1 Å². The van der Waals surface area contributed by atoms with Gasteiger partial charge in [0.25, 0.3) is 5.91 Å². The second-order valence-electron chi connectivity index (χ2n) is 6.35. The van der Waals surface area contributed by atoms with Crippen molar-refractivity contribution in [2.24, 2.45) is 5.92 Å². The molecule has 1 saturated carbocycles. The number of nitrogens with zero attached hydrogens (tertiary/aromatic N) is 1. The van der Waals surface area contributed by atoms with Gasteiger partial charge >= 0.3 is 12.0 Å². The van der Waals surface area contributed by atoms with E-state index >= 15 is 0 Å². The van der Waals surface area contributed by atoms with E-state index in [4.69, 9.17) is 5.11 Å². The first kappa shape index (κ1) is 15.8. The zero-order valence-electron chi connectivity index (χ0n) is 12.5. The van der Waals surface area contributed by atoms with Crippen LogP contribution >= 0.6 is 0 Å². The van der Waals surface area contributed by atoms with E-state index in [9.17, 15) is 14.4 Å². The molecule has 21 heavy (non-hydrogen) atoms. The van der Waals surface area contributed by atoms with Gasteiger partial charge in [0.2, 0.25) is 0 Å². The minimum atomic E-state index is -0.823. The molecule has 1 aliphatic heterocycles. The maximum Gasteiger partial charge on any atom is 0.325 e. The third-order valence-electron chi connectivity index (χ3n) is 4.29. The summed E-state index contributed by atoms with van der Waals surface area (Å²) in [5.74, 6) is -1.14. The molecule has 1 saturated heterocycles. The molecule has 1 aliphatic carbocycles. The molecule has 0 unspecified atom stereocenters. The first-order valence-corrected chi connectivity index (χ1v) is 7.41. The maximum atomic E-state index is 12.0. The van der Waals surface area contributed by atoms with E-state index in [0.717, 1.165) is 12.8 Å². The summed E-state index contributed by atoms with van der Waals surface area (Å²) in [6, 6.07) is -0.0734. The molecule has 7 heteroatoms. The Morgan fingerprint density at radius 2 is 1.95 bits per heavy atom. The number of hydrogen-bond acceptors (Lipinski definition) is 4. The molecule has 0 aromatic rings. The third kappa shape index (κ3) is 3.53. The minimum Gasteiger partial charge on any atom is -0.481 e. The van der Waals surface area contributed by atoms with Gasteiger partial charge in [-0.05, 0) is 39.5 Å². The summed E-state index contributed by atoms with van der Waals surface area (Å²) in [5, 5.41) is 14.9. The molecule has 0 atom stereocenters. The number of carbonyl (C=O) groups is 3. The topological polar surface area (TPSA) is 98.7 Å². The normalized spacial score (nSPS) is 28.6. The average Bonchev–Trinajstić information content (AvgIpc) is 2.61.